The number of amides is 2. The molecule has 8 heteroatoms. The van der Waals surface area contributed by atoms with E-state index in [9.17, 15) is 18.0 Å². The van der Waals surface area contributed by atoms with E-state index in [-0.39, 0.29) is 5.75 Å². The standard InChI is InChI=1S/C11H14F3N3O2/c1-17(7-6-15)10(18)16-8-2-4-9(5-3-8)19-11(12,13)14/h2-5H,6-7,15H2,1H3,(H,16,18). The summed E-state index contributed by atoms with van der Waals surface area (Å²) in [5, 5.41) is 2.51. The third kappa shape index (κ3) is 5.47. The van der Waals surface area contributed by atoms with E-state index >= 15 is 0 Å². The Morgan fingerprint density at radius 2 is 1.95 bits per heavy atom. The molecular weight excluding hydrogens is 263 g/mol. The van der Waals surface area contributed by atoms with Gasteiger partial charge in [0.1, 0.15) is 5.75 Å². The topological polar surface area (TPSA) is 67.6 Å². The minimum absolute atomic E-state index is 0.322. The second kappa shape index (κ2) is 6.28. The van der Waals surface area contributed by atoms with Crippen molar-refractivity contribution in [2.75, 3.05) is 25.5 Å². The van der Waals surface area contributed by atoms with Gasteiger partial charge in [-0.1, -0.05) is 0 Å². The first-order valence-corrected chi connectivity index (χ1v) is 5.40. The number of alkyl halides is 3. The number of urea groups is 1. The number of hydrogen-bond acceptors (Lipinski definition) is 3. The van der Waals surface area contributed by atoms with E-state index in [1.54, 1.807) is 7.05 Å². The molecule has 0 saturated carbocycles. The van der Waals surface area contributed by atoms with E-state index in [0.29, 0.717) is 18.8 Å². The van der Waals surface area contributed by atoms with E-state index in [4.69, 9.17) is 5.73 Å². The molecule has 1 aromatic carbocycles. The summed E-state index contributed by atoms with van der Waals surface area (Å²) in [6.07, 6.45) is -4.73. The van der Waals surface area contributed by atoms with E-state index in [2.05, 4.69) is 10.1 Å². The number of nitrogens with zero attached hydrogens (tertiary/aromatic N) is 1. The zero-order valence-corrected chi connectivity index (χ0v) is 10.2. The van der Waals surface area contributed by atoms with Gasteiger partial charge in [-0.15, -0.1) is 13.2 Å². The number of likely N-dealkylation sites (N-methyl/N-ethyl adjacent to an activating group) is 1. The maximum absolute atomic E-state index is 11.9. The number of anilines is 1. The number of carbonyl (C=O) groups is 1. The number of halogens is 3. The zero-order valence-electron chi connectivity index (χ0n) is 10.2. The normalized spacial score (nSPS) is 11.0. The van der Waals surface area contributed by atoms with Crippen molar-refractivity contribution in [1.82, 2.24) is 4.90 Å². The van der Waals surface area contributed by atoms with Crippen LogP contribution in [-0.4, -0.2) is 37.4 Å². The summed E-state index contributed by atoms with van der Waals surface area (Å²) in [6, 6.07) is 4.47. The molecule has 0 saturated heterocycles. The third-order valence-electron chi connectivity index (χ3n) is 2.15. The minimum Gasteiger partial charge on any atom is -0.406 e. The molecule has 0 aromatic heterocycles. The van der Waals surface area contributed by atoms with Gasteiger partial charge in [0.2, 0.25) is 0 Å². The van der Waals surface area contributed by atoms with Gasteiger partial charge in [0.25, 0.3) is 0 Å². The van der Waals surface area contributed by atoms with Crippen molar-refractivity contribution in [3.05, 3.63) is 24.3 Å². The van der Waals surface area contributed by atoms with Crippen LogP contribution in [0.2, 0.25) is 0 Å². The summed E-state index contributed by atoms with van der Waals surface area (Å²) < 4.78 is 39.5. The lowest BCUT2D eigenvalue weighted by atomic mass is 10.3. The molecule has 0 atom stereocenters. The molecule has 0 aliphatic carbocycles. The highest BCUT2D eigenvalue weighted by Gasteiger charge is 2.30. The van der Waals surface area contributed by atoms with E-state index < -0.39 is 12.4 Å². The number of nitrogens with two attached hydrogens (primary N) is 1. The summed E-state index contributed by atoms with van der Waals surface area (Å²) in [6.45, 7) is 0.698. The molecule has 1 rings (SSSR count). The van der Waals surface area contributed by atoms with Gasteiger partial charge in [-0.2, -0.15) is 0 Å². The highest BCUT2D eigenvalue weighted by Crippen LogP contribution is 2.23. The summed E-state index contributed by atoms with van der Waals surface area (Å²) in [5.74, 6) is -0.346. The molecule has 3 N–H and O–H groups in total. The Morgan fingerprint density at radius 1 is 1.37 bits per heavy atom. The maximum atomic E-state index is 11.9. The van der Waals surface area contributed by atoms with Crippen molar-refractivity contribution in [3.8, 4) is 5.75 Å². The number of rotatable bonds is 4. The van der Waals surface area contributed by atoms with E-state index in [1.165, 1.54) is 17.0 Å². The summed E-state index contributed by atoms with van der Waals surface area (Å²) in [7, 11) is 1.56. The number of carbonyl (C=O) groups excluding carboxylic acids is 1. The fraction of sp³-hybridized carbons (Fsp3) is 0.364. The van der Waals surface area contributed by atoms with Crippen LogP contribution in [0.3, 0.4) is 0 Å². The van der Waals surface area contributed by atoms with Gasteiger partial charge in [-0.25, -0.2) is 4.79 Å². The number of hydrogen-bond donors (Lipinski definition) is 2. The molecular formula is C11H14F3N3O2. The van der Waals surface area contributed by atoms with Crippen molar-refractivity contribution in [2.45, 2.75) is 6.36 Å². The molecule has 0 bridgehead atoms. The Labute approximate surface area is 108 Å². The summed E-state index contributed by atoms with van der Waals surface area (Å²) in [4.78, 5) is 12.9. The molecule has 0 heterocycles. The van der Waals surface area contributed by atoms with Crippen molar-refractivity contribution in [2.24, 2.45) is 5.73 Å². The quantitative estimate of drug-likeness (QED) is 0.884. The second-order valence-electron chi connectivity index (χ2n) is 3.71. The number of ether oxygens (including phenoxy) is 1. The molecule has 0 aliphatic rings. The van der Waals surface area contributed by atoms with Crippen molar-refractivity contribution in [3.63, 3.8) is 0 Å². The first kappa shape index (κ1) is 15.1. The Morgan fingerprint density at radius 3 is 2.42 bits per heavy atom. The van der Waals surface area contributed by atoms with Crippen LogP contribution in [-0.2, 0) is 0 Å². The lowest BCUT2D eigenvalue weighted by molar-refractivity contribution is -0.274. The summed E-state index contributed by atoms with van der Waals surface area (Å²) >= 11 is 0. The molecule has 0 spiro atoms. The van der Waals surface area contributed by atoms with Gasteiger partial charge < -0.3 is 20.7 Å². The number of nitrogens with one attached hydrogen (secondary N) is 1. The zero-order chi connectivity index (χ0) is 14.5. The Bertz CT molecular complexity index is 420. The van der Waals surface area contributed by atoms with Crippen molar-refractivity contribution < 1.29 is 22.7 Å². The van der Waals surface area contributed by atoms with E-state index in [1.807, 2.05) is 0 Å². The lowest BCUT2D eigenvalue weighted by Crippen LogP contribution is -2.35. The molecule has 5 nitrogen and oxygen atoms in total. The predicted octanol–water partition coefficient (Wildman–Crippen LogP) is 2.01. The van der Waals surface area contributed by atoms with Crippen LogP contribution in [0.5, 0.6) is 5.75 Å². The second-order valence-corrected chi connectivity index (χ2v) is 3.71. The van der Waals surface area contributed by atoms with Crippen LogP contribution >= 0.6 is 0 Å². The molecule has 19 heavy (non-hydrogen) atoms. The molecule has 0 unspecified atom stereocenters. The fourth-order valence-corrected chi connectivity index (χ4v) is 1.25. The summed E-state index contributed by atoms with van der Waals surface area (Å²) in [5.41, 5.74) is 5.66. The largest absolute Gasteiger partial charge is 0.573 e. The van der Waals surface area contributed by atoms with Gasteiger partial charge in [0.05, 0.1) is 0 Å². The Hall–Kier alpha value is -1.96. The van der Waals surface area contributed by atoms with Gasteiger partial charge >= 0.3 is 12.4 Å². The van der Waals surface area contributed by atoms with E-state index in [0.717, 1.165) is 12.1 Å². The van der Waals surface area contributed by atoms with Gasteiger partial charge in [0, 0.05) is 25.8 Å². The molecule has 0 fully saturated rings. The first-order valence-electron chi connectivity index (χ1n) is 5.40. The van der Waals surface area contributed by atoms with Crippen molar-refractivity contribution in [1.29, 1.82) is 0 Å². The first-order chi connectivity index (χ1) is 8.81. The maximum Gasteiger partial charge on any atom is 0.573 e. The fourth-order valence-electron chi connectivity index (χ4n) is 1.25. The van der Waals surface area contributed by atoms with Crippen LogP contribution in [0.1, 0.15) is 0 Å². The molecule has 0 aliphatic heterocycles. The minimum atomic E-state index is -4.73. The molecule has 106 valence electrons. The van der Waals surface area contributed by atoms with Crippen LogP contribution < -0.4 is 15.8 Å². The SMILES string of the molecule is CN(CCN)C(=O)Nc1ccc(OC(F)(F)F)cc1. The smallest absolute Gasteiger partial charge is 0.406 e. The molecule has 0 radical (unpaired) electrons. The third-order valence-corrected chi connectivity index (χ3v) is 2.15. The highest BCUT2D eigenvalue weighted by atomic mass is 19.4. The van der Waals surface area contributed by atoms with Gasteiger partial charge in [-0.3, -0.25) is 0 Å². The lowest BCUT2D eigenvalue weighted by Gasteiger charge is -2.17. The monoisotopic (exact) mass is 277 g/mol. The molecule has 2 amide bonds. The highest BCUT2D eigenvalue weighted by molar-refractivity contribution is 5.89. The van der Waals surface area contributed by atoms with Crippen LogP contribution in [0.15, 0.2) is 24.3 Å². The van der Waals surface area contributed by atoms with Crippen LogP contribution in [0, 0.1) is 0 Å². The van der Waals surface area contributed by atoms with Crippen LogP contribution in [0.4, 0.5) is 23.7 Å². The average Bonchev–Trinajstić information content (AvgIpc) is 2.30. The van der Waals surface area contributed by atoms with Gasteiger partial charge in [0.15, 0.2) is 0 Å². The van der Waals surface area contributed by atoms with Crippen LogP contribution in [0.25, 0.3) is 0 Å². The Kier molecular flexibility index (Phi) is 4.99. The average molecular weight is 277 g/mol. The molecule has 1 aromatic rings. The van der Waals surface area contributed by atoms with Gasteiger partial charge in [-0.05, 0) is 24.3 Å². The van der Waals surface area contributed by atoms with Crippen molar-refractivity contribution >= 4 is 11.7 Å². The Balaban J connectivity index is 2.59. The number of benzene rings is 1. The predicted molar refractivity (Wildman–Crippen MR) is 63.8 cm³/mol.